The van der Waals surface area contributed by atoms with Crippen LogP contribution in [0.4, 0.5) is 0 Å². The smallest absolute Gasteiger partial charge is 0.306 e. The van der Waals surface area contributed by atoms with E-state index in [0.717, 1.165) is 64.2 Å². The average Bonchev–Trinajstić information content (AvgIpc) is 3.02. The summed E-state index contributed by atoms with van der Waals surface area (Å²) in [6, 6.07) is 0. The second kappa shape index (κ2) is 37.4. The Morgan fingerprint density at radius 1 is 0.400 bits per heavy atom. The van der Waals surface area contributed by atoms with Crippen molar-refractivity contribution in [3.05, 3.63) is 0 Å². The first-order chi connectivity index (χ1) is 22.1. The summed E-state index contributed by atoms with van der Waals surface area (Å²) in [5, 5.41) is 8.78. The molecule has 0 aromatic rings. The highest BCUT2D eigenvalue weighted by atomic mass is 16.5. The van der Waals surface area contributed by atoms with Gasteiger partial charge in [0.1, 0.15) is 6.10 Å². The maximum absolute atomic E-state index is 12.6. The maximum Gasteiger partial charge on any atom is 0.306 e. The zero-order valence-electron chi connectivity index (χ0n) is 30.7. The van der Waals surface area contributed by atoms with Crippen LogP contribution in [-0.4, -0.2) is 23.1 Å². The SMILES string of the molecule is CCCCCCCCCCCCCCCCCCCCCCCC(=O)OC(CCCCCCCC)CCCCCCCC(=O)O. The molecule has 0 rings (SSSR count). The molecule has 0 saturated carbocycles. The Morgan fingerprint density at radius 3 is 0.978 bits per heavy atom. The number of hydrogen-bond acceptors (Lipinski definition) is 3. The third-order valence-electron chi connectivity index (χ3n) is 9.58. The summed E-state index contributed by atoms with van der Waals surface area (Å²) in [6.45, 7) is 4.54. The van der Waals surface area contributed by atoms with E-state index in [2.05, 4.69) is 13.8 Å². The molecular weight excluding hydrogens is 556 g/mol. The molecule has 0 spiro atoms. The van der Waals surface area contributed by atoms with Crippen molar-refractivity contribution in [2.45, 2.75) is 251 Å². The zero-order chi connectivity index (χ0) is 32.9. The molecule has 0 aliphatic heterocycles. The van der Waals surface area contributed by atoms with Crippen molar-refractivity contribution in [3.8, 4) is 0 Å². The van der Waals surface area contributed by atoms with Crippen molar-refractivity contribution in [1.82, 2.24) is 0 Å². The van der Waals surface area contributed by atoms with Gasteiger partial charge in [0, 0.05) is 12.8 Å². The molecule has 4 nitrogen and oxygen atoms in total. The summed E-state index contributed by atoms with van der Waals surface area (Å²) in [5.74, 6) is -0.693. The van der Waals surface area contributed by atoms with Gasteiger partial charge in [0.25, 0.3) is 0 Å². The van der Waals surface area contributed by atoms with Gasteiger partial charge < -0.3 is 9.84 Å². The van der Waals surface area contributed by atoms with Crippen LogP contribution in [0.1, 0.15) is 245 Å². The minimum atomic E-state index is -0.698. The molecule has 1 unspecified atom stereocenters. The Balaban J connectivity index is 3.70. The van der Waals surface area contributed by atoms with Crippen molar-refractivity contribution < 1.29 is 19.4 Å². The van der Waals surface area contributed by atoms with Gasteiger partial charge in [-0.15, -0.1) is 0 Å². The lowest BCUT2D eigenvalue weighted by Crippen LogP contribution is -2.18. The van der Waals surface area contributed by atoms with E-state index in [9.17, 15) is 9.59 Å². The molecule has 1 atom stereocenters. The van der Waals surface area contributed by atoms with E-state index >= 15 is 0 Å². The largest absolute Gasteiger partial charge is 0.481 e. The summed E-state index contributed by atoms with van der Waals surface area (Å²) < 4.78 is 5.96. The number of carboxylic acid groups (broad SMARTS) is 1. The summed E-state index contributed by atoms with van der Waals surface area (Å²) in [7, 11) is 0. The molecule has 0 radical (unpaired) electrons. The quantitative estimate of drug-likeness (QED) is 0.0541. The molecule has 268 valence electrons. The molecule has 45 heavy (non-hydrogen) atoms. The van der Waals surface area contributed by atoms with Gasteiger partial charge in [-0.05, 0) is 38.5 Å². The van der Waals surface area contributed by atoms with E-state index in [1.807, 2.05) is 0 Å². The average molecular weight is 637 g/mol. The standard InChI is InChI=1S/C41H80O4/c1-3-5-7-9-11-12-13-14-15-16-17-18-19-20-21-22-23-24-25-30-34-38-41(44)45-39(35-31-27-10-8-6-4-2)36-32-28-26-29-33-37-40(42)43/h39H,3-38H2,1-2H3,(H,42,43). The molecule has 0 amide bonds. The van der Waals surface area contributed by atoms with Crippen LogP contribution in [0.5, 0.6) is 0 Å². The van der Waals surface area contributed by atoms with Crippen LogP contribution in [0.3, 0.4) is 0 Å². The molecule has 0 heterocycles. The van der Waals surface area contributed by atoms with E-state index in [1.165, 1.54) is 154 Å². The number of ether oxygens (including phenoxy) is 1. The van der Waals surface area contributed by atoms with Gasteiger partial charge in [0.15, 0.2) is 0 Å². The summed E-state index contributed by atoms with van der Waals surface area (Å²) >= 11 is 0. The fourth-order valence-corrected chi connectivity index (χ4v) is 6.54. The Morgan fingerprint density at radius 2 is 0.667 bits per heavy atom. The van der Waals surface area contributed by atoms with E-state index < -0.39 is 5.97 Å². The number of carbonyl (C=O) groups is 2. The number of hydrogen-bond donors (Lipinski definition) is 1. The van der Waals surface area contributed by atoms with Crippen LogP contribution in [-0.2, 0) is 14.3 Å². The van der Waals surface area contributed by atoms with Crippen LogP contribution in [0.2, 0.25) is 0 Å². The van der Waals surface area contributed by atoms with Crippen molar-refractivity contribution in [2.75, 3.05) is 0 Å². The molecule has 0 aliphatic rings. The van der Waals surface area contributed by atoms with Gasteiger partial charge >= 0.3 is 11.9 Å². The summed E-state index contributed by atoms with van der Waals surface area (Å²) in [6.07, 6.45) is 44.3. The highest BCUT2D eigenvalue weighted by Gasteiger charge is 2.14. The Bertz CT molecular complexity index is 604. The van der Waals surface area contributed by atoms with Gasteiger partial charge in [-0.1, -0.05) is 194 Å². The molecule has 0 aromatic heterocycles. The van der Waals surface area contributed by atoms with E-state index in [0.29, 0.717) is 6.42 Å². The topological polar surface area (TPSA) is 63.6 Å². The van der Waals surface area contributed by atoms with Crippen LogP contribution in [0.15, 0.2) is 0 Å². The predicted molar refractivity (Wildman–Crippen MR) is 195 cm³/mol. The zero-order valence-corrected chi connectivity index (χ0v) is 30.7. The fraction of sp³-hybridized carbons (Fsp3) is 0.951. The highest BCUT2D eigenvalue weighted by Crippen LogP contribution is 2.19. The molecule has 4 heteroatoms. The fourth-order valence-electron chi connectivity index (χ4n) is 6.54. The molecular formula is C41H80O4. The summed E-state index contributed by atoms with van der Waals surface area (Å²) in [4.78, 5) is 23.3. The molecule has 0 saturated heterocycles. The van der Waals surface area contributed by atoms with Crippen molar-refractivity contribution in [3.63, 3.8) is 0 Å². The number of esters is 1. The van der Waals surface area contributed by atoms with Gasteiger partial charge in [0.2, 0.25) is 0 Å². The van der Waals surface area contributed by atoms with Gasteiger partial charge in [-0.25, -0.2) is 0 Å². The van der Waals surface area contributed by atoms with Crippen LogP contribution >= 0.6 is 0 Å². The Hall–Kier alpha value is -1.06. The first-order valence-electron chi connectivity index (χ1n) is 20.5. The minimum Gasteiger partial charge on any atom is -0.481 e. The lowest BCUT2D eigenvalue weighted by Gasteiger charge is -2.18. The summed E-state index contributed by atoms with van der Waals surface area (Å²) in [5.41, 5.74) is 0. The van der Waals surface area contributed by atoms with Gasteiger partial charge in [-0.2, -0.15) is 0 Å². The minimum absolute atomic E-state index is 0.00486. The number of unbranched alkanes of at least 4 members (excludes halogenated alkanes) is 29. The first kappa shape index (κ1) is 43.9. The van der Waals surface area contributed by atoms with Gasteiger partial charge in [0.05, 0.1) is 0 Å². The maximum atomic E-state index is 12.6. The Labute approximate surface area is 282 Å². The van der Waals surface area contributed by atoms with E-state index in [-0.39, 0.29) is 18.5 Å². The first-order valence-corrected chi connectivity index (χ1v) is 20.5. The van der Waals surface area contributed by atoms with E-state index in [1.54, 1.807) is 0 Å². The molecule has 0 aliphatic carbocycles. The number of carboxylic acids is 1. The monoisotopic (exact) mass is 637 g/mol. The molecule has 0 fully saturated rings. The normalized spacial score (nSPS) is 12.0. The third-order valence-corrected chi connectivity index (χ3v) is 9.58. The van der Waals surface area contributed by atoms with Gasteiger partial charge in [-0.3, -0.25) is 9.59 Å². The lowest BCUT2D eigenvalue weighted by molar-refractivity contribution is -0.150. The van der Waals surface area contributed by atoms with Crippen molar-refractivity contribution in [2.24, 2.45) is 0 Å². The molecule has 0 aromatic carbocycles. The number of carbonyl (C=O) groups excluding carboxylic acids is 1. The van der Waals surface area contributed by atoms with Crippen LogP contribution < -0.4 is 0 Å². The predicted octanol–water partition coefficient (Wildman–Crippen LogP) is 14.1. The van der Waals surface area contributed by atoms with Crippen LogP contribution in [0, 0.1) is 0 Å². The number of rotatable bonds is 38. The second-order valence-electron chi connectivity index (χ2n) is 14.2. The van der Waals surface area contributed by atoms with Crippen molar-refractivity contribution >= 4 is 11.9 Å². The number of aliphatic carboxylic acids is 1. The highest BCUT2D eigenvalue weighted by molar-refractivity contribution is 5.69. The second-order valence-corrected chi connectivity index (χ2v) is 14.2. The molecule has 1 N–H and O–H groups in total. The van der Waals surface area contributed by atoms with Crippen LogP contribution in [0.25, 0.3) is 0 Å². The lowest BCUT2D eigenvalue weighted by atomic mass is 10.0. The van der Waals surface area contributed by atoms with E-state index in [4.69, 9.17) is 9.84 Å². The Kier molecular flexibility index (Phi) is 36.5. The third kappa shape index (κ3) is 37.3. The van der Waals surface area contributed by atoms with Crippen molar-refractivity contribution in [1.29, 1.82) is 0 Å². The molecule has 0 bridgehead atoms.